The van der Waals surface area contributed by atoms with Crippen molar-refractivity contribution in [3.8, 4) is 11.5 Å². The van der Waals surface area contributed by atoms with Crippen molar-refractivity contribution >= 4 is 17.4 Å². The summed E-state index contributed by atoms with van der Waals surface area (Å²) in [6, 6.07) is 23.0. The minimum Gasteiger partial charge on any atom is -0.507 e. The van der Waals surface area contributed by atoms with Gasteiger partial charge in [0.1, 0.15) is 23.9 Å². The zero-order chi connectivity index (χ0) is 25.5. The summed E-state index contributed by atoms with van der Waals surface area (Å²) in [4.78, 5) is 27.6. The van der Waals surface area contributed by atoms with Crippen LogP contribution in [0.25, 0.3) is 5.76 Å². The highest BCUT2D eigenvalue weighted by atomic mass is 16.5. The van der Waals surface area contributed by atoms with Crippen molar-refractivity contribution in [2.75, 3.05) is 26.9 Å². The average Bonchev–Trinajstić information content (AvgIpc) is 3.16. The van der Waals surface area contributed by atoms with E-state index in [9.17, 15) is 14.7 Å². The first-order valence-corrected chi connectivity index (χ1v) is 11.8. The van der Waals surface area contributed by atoms with Gasteiger partial charge in [0.2, 0.25) is 0 Å². The predicted molar refractivity (Wildman–Crippen MR) is 136 cm³/mol. The fourth-order valence-corrected chi connectivity index (χ4v) is 4.19. The third kappa shape index (κ3) is 5.42. The number of aliphatic hydroxyl groups is 1. The summed E-state index contributed by atoms with van der Waals surface area (Å²) in [6.07, 6.45) is 0. The van der Waals surface area contributed by atoms with Gasteiger partial charge in [-0.1, -0.05) is 42.5 Å². The molecule has 0 bridgehead atoms. The molecule has 1 aliphatic rings. The van der Waals surface area contributed by atoms with E-state index in [4.69, 9.17) is 14.2 Å². The quantitative estimate of drug-likeness (QED) is 0.253. The molecule has 7 heteroatoms. The summed E-state index contributed by atoms with van der Waals surface area (Å²) in [7, 11) is 1.53. The largest absolute Gasteiger partial charge is 0.507 e. The summed E-state index contributed by atoms with van der Waals surface area (Å²) < 4.78 is 16.6. The van der Waals surface area contributed by atoms with Gasteiger partial charge >= 0.3 is 0 Å². The first-order valence-electron chi connectivity index (χ1n) is 11.8. The summed E-state index contributed by atoms with van der Waals surface area (Å²) in [5.41, 5.74) is 2.12. The fourth-order valence-electron chi connectivity index (χ4n) is 4.19. The highest BCUT2D eigenvalue weighted by Crippen LogP contribution is 2.40. The number of Topliss-reactive ketones (excluding diaryl/α,β-unsaturated/α-hetero) is 1. The predicted octanol–water partition coefficient (Wildman–Crippen LogP) is 4.73. The number of amides is 1. The van der Waals surface area contributed by atoms with Crippen LogP contribution >= 0.6 is 0 Å². The Bertz CT molecular complexity index is 1240. The van der Waals surface area contributed by atoms with Gasteiger partial charge in [-0.3, -0.25) is 9.59 Å². The van der Waals surface area contributed by atoms with E-state index < -0.39 is 17.7 Å². The third-order valence-corrected chi connectivity index (χ3v) is 5.94. The van der Waals surface area contributed by atoms with Crippen LogP contribution in [0.3, 0.4) is 0 Å². The van der Waals surface area contributed by atoms with Crippen molar-refractivity contribution < 1.29 is 28.9 Å². The van der Waals surface area contributed by atoms with Crippen LogP contribution in [0.5, 0.6) is 11.5 Å². The number of rotatable bonds is 10. The fraction of sp³-hybridized carbons (Fsp3) is 0.241. The molecule has 0 aliphatic carbocycles. The summed E-state index contributed by atoms with van der Waals surface area (Å²) in [5.74, 6) is -0.417. The van der Waals surface area contributed by atoms with Crippen molar-refractivity contribution in [2.45, 2.75) is 19.6 Å². The minimum absolute atomic E-state index is 0.0282. The molecule has 1 fully saturated rings. The Kier molecular flexibility index (Phi) is 8.02. The number of nitrogens with zero attached hydrogens (tertiary/aromatic N) is 1. The van der Waals surface area contributed by atoms with E-state index in [-0.39, 0.29) is 24.5 Å². The molecule has 3 aromatic carbocycles. The van der Waals surface area contributed by atoms with E-state index in [0.29, 0.717) is 35.8 Å². The zero-order valence-corrected chi connectivity index (χ0v) is 20.3. The molecular formula is C29H29NO6. The molecule has 1 aliphatic heterocycles. The topological polar surface area (TPSA) is 85.3 Å². The van der Waals surface area contributed by atoms with Gasteiger partial charge < -0.3 is 24.2 Å². The van der Waals surface area contributed by atoms with Crippen molar-refractivity contribution in [2.24, 2.45) is 0 Å². The number of carbonyl (C=O) groups is 2. The molecule has 0 saturated carbocycles. The maximum absolute atomic E-state index is 13.1. The van der Waals surface area contributed by atoms with Gasteiger partial charge in [0, 0.05) is 19.2 Å². The van der Waals surface area contributed by atoms with Crippen LogP contribution in [-0.4, -0.2) is 48.6 Å². The molecule has 1 amide bonds. The Morgan fingerprint density at radius 2 is 1.67 bits per heavy atom. The first-order chi connectivity index (χ1) is 17.5. The Morgan fingerprint density at radius 1 is 0.917 bits per heavy atom. The first kappa shape index (κ1) is 25.0. The minimum atomic E-state index is -0.785. The molecule has 186 valence electrons. The maximum atomic E-state index is 13.1. The number of methoxy groups -OCH3 is 1. The highest BCUT2D eigenvalue weighted by Gasteiger charge is 2.46. The number of carbonyl (C=O) groups excluding carboxylic acids is 2. The number of likely N-dealkylation sites (tertiary alicyclic amines) is 1. The Morgan fingerprint density at radius 3 is 2.36 bits per heavy atom. The Balaban J connectivity index is 1.71. The molecule has 4 rings (SSSR count). The van der Waals surface area contributed by atoms with Gasteiger partial charge in [-0.25, -0.2) is 0 Å². The van der Waals surface area contributed by atoms with Crippen LogP contribution in [-0.2, 0) is 20.9 Å². The highest BCUT2D eigenvalue weighted by molar-refractivity contribution is 6.46. The number of benzene rings is 3. The SMILES string of the molecule is CCOc1ccc(C(O)=C2C(=O)C(=O)N(CCOC)C2c2cccc(OCc3ccccc3)c2)cc1. The van der Waals surface area contributed by atoms with Crippen LogP contribution < -0.4 is 9.47 Å². The van der Waals surface area contributed by atoms with E-state index in [1.807, 2.05) is 55.5 Å². The van der Waals surface area contributed by atoms with Crippen LogP contribution in [0.15, 0.2) is 84.4 Å². The summed E-state index contributed by atoms with van der Waals surface area (Å²) in [6.45, 7) is 3.21. The number of hydrogen-bond acceptors (Lipinski definition) is 6. The lowest BCUT2D eigenvalue weighted by molar-refractivity contribution is -0.140. The lowest BCUT2D eigenvalue weighted by atomic mass is 9.95. The standard InChI is InChI=1S/C29H29NO6/c1-3-35-23-14-12-21(13-15-23)27(31)25-26(30(16-17-34-2)29(33)28(25)32)22-10-7-11-24(18-22)36-19-20-8-5-4-6-9-20/h4-15,18,26,31H,3,16-17,19H2,1-2H3. The van der Waals surface area contributed by atoms with Crippen LogP contribution in [0.2, 0.25) is 0 Å². The molecule has 1 unspecified atom stereocenters. The van der Waals surface area contributed by atoms with Gasteiger partial charge in [0.05, 0.1) is 24.8 Å². The average molecular weight is 488 g/mol. The number of ether oxygens (including phenoxy) is 3. The normalized spacial score (nSPS) is 16.8. The van der Waals surface area contributed by atoms with Crippen molar-refractivity contribution in [1.82, 2.24) is 4.90 Å². The zero-order valence-electron chi connectivity index (χ0n) is 20.3. The number of hydrogen-bond donors (Lipinski definition) is 1. The molecule has 1 N–H and O–H groups in total. The van der Waals surface area contributed by atoms with Crippen molar-refractivity contribution in [3.63, 3.8) is 0 Å². The monoisotopic (exact) mass is 487 g/mol. The molecule has 0 spiro atoms. The summed E-state index contributed by atoms with van der Waals surface area (Å²) >= 11 is 0. The van der Waals surface area contributed by atoms with E-state index in [1.165, 1.54) is 12.0 Å². The van der Waals surface area contributed by atoms with Crippen molar-refractivity contribution in [1.29, 1.82) is 0 Å². The number of ketones is 1. The molecule has 1 heterocycles. The molecule has 3 aromatic rings. The van der Waals surface area contributed by atoms with Crippen LogP contribution in [0.4, 0.5) is 0 Å². The second-order valence-electron chi connectivity index (χ2n) is 8.29. The van der Waals surface area contributed by atoms with Gasteiger partial charge in [0.15, 0.2) is 0 Å². The van der Waals surface area contributed by atoms with E-state index in [2.05, 4.69) is 0 Å². The molecular weight excluding hydrogens is 458 g/mol. The molecule has 0 aromatic heterocycles. The van der Waals surface area contributed by atoms with E-state index in [0.717, 1.165) is 5.56 Å². The molecule has 1 atom stereocenters. The lowest BCUT2D eigenvalue weighted by Crippen LogP contribution is -2.32. The third-order valence-electron chi connectivity index (χ3n) is 5.94. The van der Waals surface area contributed by atoms with Gasteiger partial charge in [-0.15, -0.1) is 0 Å². The van der Waals surface area contributed by atoms with Gasteiger partial charge in [0.25, 0.3) is 11.7 Å². The second kappa shape index (κ2) is 11.6. The molecule has 0 radical (unpaired) electrons. The Hall–Kier alpha value is -4.10. The lowest BCUT2D eigenvalue weighted by Gasteiger charge is -2.25. The maximum Gasteiger partial charge on any atom is 0.295 e. The van der Waals surface area contributed by atoms with Gasteiger partial charge in [-0.05, 0) is 54.4 Å². The van der Waals surface area contributed by atoms with E-state index >= 15 is 0 Å². The van der Waals surface area contributed by atoms with E-state index in [1.54, 1.807) is 30.3 Å². The summed E-state index contributed by atoms with van der Waals surface area (Å²) in [5, 5.41) is 11.2. The smallest absolute Gasteiger partial charge is 0.295 e. The second-order valence-corrected chi connectivity index (χ2v) is 8.29. The van der Waals surface area contributed by atoms with Crippen LogP contribution in [0.1, 0.15) is 29.7 Å². The molecule has 36 heavy (non-hydrogen) atoms. The molecule has 7 nitrogen and oxygen atoms in total. The Labute approximate surface area is 210 Å². The van der Waals surface area contributed by atoms with Gasteiger partial charge in [-0.2, -0.15) is 0 Å². The van der Waals surface area contributed by atoms with Crippen molar-refractivity contribution in [3.05, 3.63) is 101 Å². The number of aliphatic hydroxyl groups excluding tert-OH is 1. The van der Waals surface area contributed by atoms with Crippen LogP contribution in [0, 0.1) is 0 Å². The molecule has 1 saturated heterocycles.